The van der Waals surface area contributed by atoms with Crippen LogP contribution < -0.4 is 0 Å². The van der Waals surface area contributed by atoms with E-state index >= 15 is 0 Å². The number of halogens is 3. The summed E-state index contributed by atoms with van der Waals surface area (Å²) in [5.41, 5.74) is -2.05. The quantitative estimate of drug-likeness (QED) is 0.669. The van der Waals surface area contributed by atoms with Crippen molar-refractivity contribution in [2.45, 2.75) is 18.2 Å². The van der Waals surface area contributed by atoms with Gasteiger partial charge in [0.05, 0.1) is 0 Å². The Kier molecular flexibility index (Phi) is 4.08. The minimum atomic E-state index is -4.46. The molecule has 0 radical (unpaired) electrons. The van der Waals surface area contributed by atoms with Crippen LogP contribution in [0.25, 0.3) is 0 Å². The van der Waals surface area contributed by atoms with Gasteiger partial charge in [-0.3, -0.25) is 4.79 Å². The van der Waals surface area contributed by atoms with Gasteiger partial charge in [-0.1, -0.05) is 5.92 Å². The molecule has 0 aromatic carbocycles. The van der Waals surface area contributed by atoms with Crippen LogP contribution >= 0.6 is 13.5 Å². The fraction of sp³-hybridized carbons (Fsp3) is 0.625. The fourth-order valence-electron chi connectivity index (χ4n) is 1.27. The Labute approximate surface area is 91.7 Å². The number of carbonyl (C=O) groups is 1. The van der Waals surface area contributed by atoms with E-state index in [2.05, 4.69) is 0 Å². The van der Waals surface area contributed by atoms with Crippen molar-refractivity contribution >= 4 is 19.4 Å². The molecule has 86 valence electrons. The number of rotatable bonds is 1. The first-order valence-corrected chi connectivity index (χ1v) is 3.85. The Hall–Kier alpha value is -0.870. The van der Waals surface area contributed by atoms with Gasteiger partial charge >= 0.3 is 6.18 Å². The van der Waals surface area contributed by atoms with Crippen molar-refractivity contribution in [1.82, 2.24) is 4.90 Å². The van der Waals surface area contributed by atoms with Gasteiger partial charge in [0, 0.05) is 13.0 Å². The lowest BCUT2D eigenvalue weighted by atomic mass is 10.0. The summed E-state index contributed by atoms with van der Waals surface area (Å²) in [6.07, 6.45) is 0.239. The van der Waals surface area contributed by atoms with Crippen molar-refractivity contribution in [2.75, 3.05) is 13.1 Å². The van der Waals surface area contributed by atoms with Crippen LogP contribution in [0.5, 0.6) is 0 Å². The molecule has 0 unspecified atom stereocenters. The van der Waals surface area contributed by atoms with Crippen LogP contribution in [0, 0.1) is 12.3 Å². The molecular formula is C8H10F3NO2S. The number of hydrogen-bond acceptors (Lipinski definition) is 2. The lowest BCUT2D eigenvalue weighted by Crippen LogP contribution is -2.42. The van der Waals surface area contributed by atoms with Gasteiger partial charge in [-0.15, -0.1) is 6.42 Å². The first kappa shape index (κ1) is 14.1. The van der Waals surface area contributed by atoms with E-state index in [1.165, 1.54) is 0 Å². The molecule has 1 atom stereocenters. The molecule has 1 fully saturated rings. The van der Waals surface area contributed by atoms with Gasteiger partial charge in [-0.05, 0) is 0 Å². The highest BCUT2D eigenvalue weighted by atomic mass is 32.1. The molecule has 0 aromatic rings. The molecule has 0 aromatic heterocycles. The molecule has 1 aliphatic rings. The predicted octanol–water partition coefficient (Wildman–Crippen LogP) is 0.258. The van der Waals surface area contributed by atoms with Crippen LogP contribution in [0.4, 0.5) is 13.2 Å². The Morgan fingerprint density at radius 1 is 1.60 bits per heavy atom. The molecule has 7 heteroatoms. The lowest BCUT2D eigenvalue weighted by molar-refractivity contribution is -0.162. The summed E-state index contributed by atoms with van der Waals surface area (Å²) >= 11 is 0. The topological polar surface area (TPSA) is 40.5 Å². The number of likely N-dealkylation sites (tertiary alicyclic amines) is 1. The van der Waals surface area contributed by atoms with E-state index in [9.17, 15) is 23.1 Å². The maximum absolute atomic E-state index is 11.9. The van der Waals surface area contributed by atoms with Crippen LogP contribution in [-0.2, 0) is 4.79 Å². The van der Waals surface area contributed by atoms with E-state index < -0.39 is 24.2 Å². The second-order valence-electron chi connectivity index (χ2n) is 3.10. The monoisotopic (exact) mass is 241 g/mol. The smallest absolute Gasteiger partial charge is 0.369 e. The van der Waals surface area contributed by atoms with Gasteiger partial charge in [0.1, 0.15) is 6.54 Å². The second-order valence-corrected chi connectivity index (χ2v) is 3.10. The first-order valence-electron chi connectivity index (χ1n) is 3.85. The van der Waals surface area contributed by atoms with Crippen molar-refractivity contribution in [2.24, 2.45) is 0 Å². The van der Waals surface area contributed by atoms with Gasteiger partial charge in [0.2, 0.25) is 5.60 Å². The summed E-state index contributed by atoms with van der Waals surface area (Å²) in [6.45, 7) is -1.53. The van der Waals surface area contributed by atoms with Crippen molar-refractivity contribution in [1.29, 1.82) is 0 Å². The molecular weight excluding hydrogens is 231 g/mol. The summed E-state index contributed by atoms with van der Waals surface area (Å²) < 4.78 is 35.7. The highest BCUT2D eigenvalue weighted by Crippen LogP contribution is 2.26. The van der Waals surface area contributed by atoms with E-state index in [1.54, 1.807) is 5.92 Å². The fourth-order valence-corrected chi connectivity index (χ4v) is 1.27. The lowest BCUT2D eigenvalue weighted by Gasteiger charge is -2.19. The number of amides is 1. The molecule has 0 bridgehead atoms. The first-order chi connectivity index (χ1) is 6.28. The van der Waals surface area contributed by atoms with Crippen LogP contribution in [0.2, 0.25) is 0 Å². The predicted molar refractivity (Wildman–Crippen MR) is 51.4 cm³/mol. The molecule has 1 heterocycles. The Balaban J connectivity index is 0.00000196. The summed E-state index contributed by atoms with van der Waals surface area (Å²) in [7, 11) is 0. The van der Waals surface area contributed by atoms with Gasteiger partial charge in [0.15, 0.2) is 0 Å². The number of hydrogen-bond donors (Lipinski definition) is 1. The molecule has 0 spiro atoms. The third-order valence-corrected chi connectivity index (χ3v) is 1.99. The molecule has 1 saturated heterocycles. The zero-order chi connectivity index (χ0) is 11.0. The van der Waals surface area contributed by atoms with Crippen molar-refractivity contribution < 1.29 is 23.1 Å². The summed E-state index contributed by atoms with van der Waals surface area (Å²) in [5, 5.41) is 9.34. The van der Waals surface area contributed by atoms with Crippen LogP contribution in [0.3, 0.4) is 0 Å². The number of terminal acetylenes is 1. The van der Waals surface area contributed by atoms with Gasteiger partial charge in [-0.2, -0.15) is 26.7 Å². The maximum atomic E-state index is 11.9. The van der Waals surface area contributed by atoms with Gasteiger partial charge in [0.25, 0.3) is 5.91 Å². The van der Waals surface area contributed by atoms with E-state index in [0.717, 1.165) is 0 Å². The molecule has 1 N–H and O–H groups in total. The molecule has 1 aliphatic heterocycles. The van der Waals surface area contributed by atoms with E-state index in [0.29, 0.717) is 4.90 Å². The van der Waals surface area contributed by atoms with Crippen LogP contribution in [0.1, 0.15) is 6.42 Å². The molecule has 1 rings (SSSR count). The zero-order valence-corrected chi connectivity index (χ0v) is 8.64. The minimum Gasteiger partial charge on any atom is -0.369 e. The van der Waals surface area contributed by atoms with E-state index in [-0.39, 0.29) is 26.5 Å². The largest absolute Gasteiger partial charge is 0.406 e. The second kappa shape index (κ2) is 4.33. The summed E-state index contributed by atoms with van der Waals surface area (Å²) in [6, 6.07) is 0. The third kappa shape index (κ3) is 3.04. The average molecular weight is 241 g/mol. The van der Waals surface area contributed by atoms with E-state index in [1.807, 2.05) is 0 Å². The third-order valence-electron chi connectivity index (χ3n) is 1.99. The maximum Gasteiger partial charge on any atom is 0.406 e. The standard InChI is InChI=1S/C8H8F3NO2.H2S/c1-2-7(14)3-4-12(6(7)13)5-8(9,10)11;/h1,14H,3-5H2;1H2/t7-;/m1./s1. The molecule has 0 aliphatic carbocycles. The van der Waals surface area contributed by atoms with Gasteiger partial charge < -0.3 is 10.0 Å². The highest BCUT2D eigenvalue weighted by molar-refractivity contribution is 7.59. The molecule has 15 heavy (non-hydrogen) atoms. The summed E-state index contributed by atoms with van der Waals surface area (Å²) in [4.78, 5) is 11.7. The summed E-state index contributed by atoms with van der Waals surface area (Å²) in [5.74, 6) is 0.759. The Morgan fingerprint density at radius 3 is 2.47 bits per heavy atom. The van der Waals surface area contributed by atoms with Crippen LogP contribution in [0.15, 0.2) is 0 Å². The minimum absolute atomic E-state index is 0. The molecule has 3 nitrogen and oxygen atoms in total. The number of alkyl halides is 3. The van der Waals surface area contributed by atoms with Gasteiger partial charge in [-0.25, -0.2) is 0 Å². The number of nitrogens with zero attached hydrogens (tertiary/aromatic N) is 1. The van der Waals surface area contributed by atoms with E-state index in [4.69, 9.17) is 6.42 Å². The van der Waals surface area contributed by atoms with Crippen molar-refractivity contribution in [3.63, 3.8) is 0 Å². The van der Waals surface area contributed by atoms with Crippen LogP contribution in [-0.4, -0.2) is 40.8 Å². The van der Waals surface area contributed by atoms with Crippen molar-refractivity contribution in [3.8, 4) is 12.3 Å². The average Bonchev–Trinajstić information content (AvgIpc) is 2.32. The normalized spacial score (nSPS) is 26.1. The number of carbonyl (C=O) groups excluding carboxylic acids is 1. The number of aliphatic hydroxyl groups is 1. The molecule has 0 saturated carbocycles. The Bertz CT molecular complexity index is 299. The SMILES string of the molecule is C#C[C@@]1(O)CCN(CC(F)(F)F)C1=O.S. The van der Waals surface area contributed by atoms with Crippen molar-refractivity contribution in [3.05, 3.63) is 0 Å². The highest BCUT2D eigenvalue weighted by Gasteiger charge is 2.47. The molecule has 1 amide bonds. The zero-order valence-electron chi connectivity index (χ0n) is 7.64. The Morgan fingerprint density at radius 2 is 2.13 bits per heavy atom.